The van der Waals surface area contributed by atoms with Crippen LogP contribution in [0.25, 0.3) is 0 Å². The second-order valence-electron chi connectivity index (χ2n) is 4.20. The van der Waals surface area contributed by atoms with E-state index in [1.807, 2.05) is 0 Å². The molecule has 1 aliphatic carbocycles. The van der Waals surface area contributed by atoms with Gasteiger partial charge in [0.1, 0.15) is 0 Å². The quantitative estimate of drug-likeness (QED) is 0.656. The SMILES string of the molecule is O=C(NCN1CCNCC1)C1CCC1. The Hall–Kier alpha value is -0.610. The van der Waals surface area contributed by atoms with E-state index in [2.05, 4.69) is 15.5 Å². The Bertz CT molecular complexity index is 198. The molecule has 4 nitrogen and oxygen atoms in total. The van der Waals surface area contributed by atoms with Gasteiger partial charge in [-0.15, -0.1) is 0 Å². The molecule has 0 spiro atoms. The molecule has 2 rings (SSSR count). The Morgan fingerprint density at radius 2 is 2.07 bits per heavy atom. The second-order valence-corrected chi connectivity index (χ2v) is 4.20. The first-order valence-electron chi connectivity index (χ1n) is 5.57. The number of carbonyl (C=O) groups is 1. The molecule has 1 amide bonds. The number of piperazine rings is 1. The van der Waals surface area contributed by atoms with Crippen molar-refractivity contribution in [2.75, 3.05) is 32.8 Å². The van der Waals surface area contributed by atoms with E-state index in [1.165, 1.54) is 6.42 Å². The summed E-state index contributed by atoms with van der Waals surface area (Å²) in [6.45, 7) is 4.91. The lowest BCUT2D eigenvalue weighted by atomic mass is 9.85. The fourth-order valence-electron chi connectivity index (χ4n) is 1.87. The van der Waals surface area contributed by atoms with Crippen molar-refractivity contribution in [2.45, 2.75) is 19.3 Å². The van der Waals surface area contributed by atoms with Gasteiger partial charge in [-0.3, -0.25) is 9.69 Å². The van der Waals surface area contributed by atoms with E-state index in [1.54, 1.807) is 0 Å². The van der Waals surface area contributed by atoms with E-state index >= 15 is 0 Å². The zero-order chi connectivity index (χ0) is 9.80. The molecule has 0 aromatic heterocycles. The van der Waals surface area contributed by atoms with Crippen molar-refractivity contribution in [1.82, 2.24) is 15.5 Å². The van der Waals surface area contributed by atoms with E-state index in [0.29, 0.717) is 5.92 Å². The number of hydrogen-bond acceptors (Lipinski definition) is 3. The zero-order valence-electron chi connectivity index (χ0n) is 8.59. The van der Waals surface area contributed by atoms with Crippen LogP contribution in [0.15, 0.2) is 0 Å². The fourth-order valence-corrected chi connectivity index (χ4v) is 1.87. The number of carbonyl (C=O) groups excluding carboxylic acids is 1. The molecular weight excluding hydrogens is 178 g/mol. The molecule has 1 heterocycles. The summed E-state index contributed by atoms with van der Waals surface area (Å²) in [5, 5.41) is 6.31. The maximum atomic E-state index is 11.5. The van der Waals surface area contributed by atoms with Gasteiger partial charge in [-0.05, 0) is 12.8 Å². The van der Waals surface area contributed by atoms with Gasteiger partial charge >= 0.3 is 0 Å². The van der Waals surface area contributed by atoms with Gasteiger partial charge in [0.25, 0.3) is 0 Å². The van der Waals surface area contributed by atoms with Crippen LogP contribution in [-0.4, -0.2) is 43.7 Å². The number of nitrogens with zero attached hydrogens (tertiary/aromatic N) is 1. The number of rotatable bonds is 3. The molecule has 0 atom stereocenters. The highest BCUT2D eigenvalue weighted by atomic mass is 16.2. The first kappa shape index (κ1) is 9.93. The minimum Gasteiger partial charge on any atom is -0.343 e. The summed E-state index contributed by atoms with van der Waals surface area (Å²) in [7, 11) is 0. The Labute approximate surface area is 85.0 Å². The molecule has 0 bridgehead atoms. The lowest BCUT2D eigenvalue weighted by Crippen LogP contribution is -2.49. The zero-order valence-corrected chi connectivity index (χ0v) is 8.59. The molecular formula is C10H19N3O. The molecule has 0 unspecified atom stereocenters. The Kier molecular flexibility index (Phi) is 3.37. The maximum Gasteiger partial charge on any atom is 0.224 e. The highest BCUT2D eigenvalue weighted by Crippen LogP contribution is 2.25. The van der Waals surface area contributed by atoms with E-state index in [0.717, 1.165) is 45.7 Å². The smallest absolute Gasteiger partial charge is 0.224 e. The molecule has 80 valence electrons. The molecule has 2 N–H and O–H groups in total. The summed E-state index contributed by atoms with van der Waals surface area (Å²) in [6, 6.07) is 0. The molecule has 1 aliphatic heterocycles. The molecule has 2 fully saturated rings. The molecule has 14 heavy (non-hydrogen) atoms. The van der Waals surface area contributed by atoms with Crippen molar-refractivity contribution in [2.24, 2.45) is 5.92 Å². The summed E-state index contributed by atoms with van der Waals surface area (Å²) in [4.78, 5) is 13.8. The lowest BCUT2D eigenvalue weighted by Gasteiger charge is -2.29. The van der Waals surface area contributed by atoms with Crippen LogP contribution in [0.3, 0.4) is 0 Å². The van der Waals surface area contributed by atoms with Crippen LogP contribution in [0.4, 0.5) is 0 Å². The average molecular weight is 197 g/mol. The van der Waals surface area contributed by atoms with Gasteiger partial charge in [-0.25, -0.2) is 0 Å². The fraction of sp³-hybridized carbons (Fsp3) is 0.900. The van der Waals surface area contributed by atoms with Crippen LogP contribution in [-0.2, 0) is 4.79 Å². The highest BCUT2D eigenvalue weighted by molar-refractivity contribution is 5.79. The van der Waals surface area contributed by atoms with Crippen LogP contribution >= 0.6 is 0 Å². The maximum absolute atomic E-state index is 11.5. The molecule has 0 radical (unpaired) electrons. The molecule has 0 aromatic rings. The van der Waals surface area contributed by atoms with Gasteiger partial charge in [0, 0.05) is 32.1 Å². The molecule has 4 heteroatoms. The third-order valence-electron chi connectivity index (χ3n) is 3.16. The number of amides is 1. The second kappa shape index (κ2) is 4.75. The van der Waals surface area contributed by atoms with E-state index in [4.69, 9.17) is 0 Å². The van der Waals surface area contributed by atoms with Gasteiger partial charge in [0.15, 0.2) is 0 Å². The van der Waals surface area contributed by atoms with Crippen LogP contribution < -0.4 is 10.6 Å². The summed E-state index contributed by atoms with van der Waals surface area (Å²) in [5.41, 5.74) is 0. The van der Waals surface area contributed by atoms with Gasteiger partial charge < -0.3 is 10.6 Å². The topological polar surface area (TPSA) is 44.4 Å². The molecule has 0 aromatic carbocycles. The molecule has 1 saturated heterocycles. The van der Waals surface area contributed by atoms with Crippen LogP contribution in [0.5, 0.6) is 0 Å². The predicted molar refractivity (Wildman–Crippen MR) is 54.8 cm³/mol. The summed E-state index contributed by atoms with van der Waals surface area (Å²) < 4.78 is 0. The van der Waals surface area contributed by atoms with Crippen molar-refractivity contribution in [3.05, 3.63) is 0 Å². The van der Waals surface area contributed by atoms with E-state index in [-0.39, 0.29) is 5.91 Å². The van der Waals surface area contributed by atoms with Gasteiger partial charge in [0.05, 0.1) is 6.67 Å². The molecule has 1 saturated carbocycles. The first-order valence-corrected chi connectivity index (χ1v) is 5.57. The number of hydrogen-bond donors (Lipinski definition) is 2. The Morgan fingerprint density at radius 3 is 2.64 bits per heavy atom. The third kappa shape index (κ3) is 2.45. The van der Waals surface area contributed by atoms with Crippen LogP contribution in [0, 0.1) is 5.92 Å². The van der Waals surface area contributed by atoms with Crippen molar-refractivity contribution in [3.8, 4) is 0 Å². The normalized spacial score (nSPS) is 24.3. The number of nitrogens with one attached hydrogen (secondary N) is 2. The van der Waals surface area contributed by atoms with E-state index < -0.39 is 0 Å². The monoisotopic (exact) mass is 197 g/mol. The van der Waals surface area contributed by atoms with Crippen molar-refractivity contribution < 1.29 is 4.79 Å². The standard InChI is InChI=1S/C10H19N3O/c14-10(9-2-1-3-9)12-8-13-6-4-11-5-7-13/h9,11H,1-8H2,(H,12,14). The summed E-state index contributed by atoms with van der Waals surface area (Å²) in [6.07, 6.45) is 3.41. The predicted octanol–water partition coefficient (Wildman–Crippen LogP) is -0.235. The van der Waals surface area contributed by atoms with Crippen molar-refractivity contribution in [3.63, 3.8) is 0 Å². The Morgan fingerprint density at radius 1 is 1.36 bits per heavy atom. The summed E-state index contributed by atoms with van der Waals surface area (Å²) in [5.74, 6) is 0.577. The minimum absolute atomic E-state index is 0.259. The minimum atomic E-state index is 0.259. The van der Waals surface area contributed by atoms with Crippen LogP contribution in [0.2, 0.25) is 0 Å². The largest absolute Gasteiger partial charge is 0.343 e. The lowest BCUT2D eigenvalue weighted by molar-refractivity contribution is -0.128. The van der Waals surface area contributed by atoms with Gasteiger partial charge in [-0.2, -0.15) is 0 Å². The van der Waals surface area contributed by atoms with Gasteiger partial charge in [0.2, 0.25) is 5.91 Å². The molecule has 2 aliphatic rings. The third-order valence-corrected chi connectivity index (χ3v) is 3.16. The first-order chi connectivity index (χ1) is 6.86. The highest BCUT2D eigenvalue weighted by Gasteiger charge is 2.25. The van der Waals surface area contributed by atoms with Crippen molar-refractivity contribution in [1.29, 1.82) is 0 Å². The van der Waals surface area contributed by atoms with Crippen molar-refractivity contribution >= 4 is 5.91 Å². The average Bonchev–Trinajstić information content (AvgIpc) is 2.14. The summed E-state index contributed by atoms with van der Waals surface area (Å²) >= 11 is 0. The van der Waals surface area contributed by atoms with E-state index in [9.17, 15) is 4.79 Å². The Balaban J connectivity index is 1.62. The van der Waals surface area contributed by atoms with Crippen LogP contribution in [0.1, 0.15) is 19.3 Å². The van der Waals surface area contributed by atoms with Gasteiger partial charge in [-0.1, -0.05) is 6.42 Å².